The van der Waals surface area contributed by atoms with E-state index in [-0.39, 0.29) is 11.3 Å². The van der Waals surface area contributed by atoms with Crippen LogP contribution in [0.25, 0.3) is 32.7 Å². The molecule has 0 amide bonds. The molecule has 4 rings (SSSR count). The Labute approximate surface area is 158 Å². The lowest BCUT2D eigenvalue weighted by atomic mass is 10.1. The van der Waals surface area contributed by atoms with E-state index >= 15 is 0 Å². The van der Waals surface area contributed by atoms with Crippen molar-refractivity contribution in [3.63, 3.8) is 0 Å². The molecule has 0 spiro atoms. The Hall–Kier alpha value is -2.76. The fourth-order valence-electron chi connectivity index (χ4n) is 2.85. The Morgan fingerprint density at radius 1 is 1.12 bits per heavy atom. The van der Waals surface area contributed by atoms with Crippen LogP contribution in [0.1, 0.15) is 17.3 Å². The number of Topliss-reactive ketones (excluding diaryl/α,β-unsaturated/α-hetero) is 1. The number of H-pyrrole nitrogens is 1. The van der Waals surface area contributed by atoms with Crippen LogP contribution in [-0.2, 0) is 0 Å². The Bertz CT molecular complexity index is 1210. The van der Waals surface area contributed by atoms with Crippen molar-refractivity contribution in [2.45, 2.75) is 6.92 Å². The number of ketones is 1. The third kappa shape index (κ3) is 2.85. The van der Waals surface area contributed by atoms with Crippen molar-refractivity contribution in [2.75, 3.05) is 0 Å². The van der Waals surface area contributed by atoms with Crippen LogP contribution in [0.3, 0.4) is 0 Å². The maximum Gasteiger partial charge on any atom is 0.260 e. The van der Waals surface area contributed by atoms with Crippen LogP contribution < -0.4 is 5.56 Å². The van der Waals surface area contributed by atoms with E-state index in [0.717, 1.165) is 11.1 Å². The van der Waals surface area contributed by atoms with Crippen LogP contribution in [0.2, 0.25) is 5.02 Å². The van der Waals surface area contributed by atoms with Gasteiger partial charge in [-0.15, -0.1) is 11.3 Å². The van der Waals surface area contributed by atoms with E-state index < -0.39 is 0 Å². The number of thiophene rings is 1. The first-order valence-electron chi connectivity index (χ1n) is 7.92. The van der Waals surface area contributed by atoms with E-state index in [1.165, 1.54) is 18.3 Å². The van der Waals surface area contributed by atoms with Crippen molar-refractivity contribution in [3.05, 3.63) is 74.9 Å². The van der Waals surface area contributed by atoms with Crippen LogP contribution in [0.5, 0.6) is 0 Å². The van der Waals surface area contributed by atoms with Crippen LogP contribution in [0.15, 0.2) is 58.7 Å². The summed E-state index contributed by atoms with van der Waals surface area (Å²) in [4.78, 5) is 32.4. The largest absolute Gasteiger partial charge is 0.306 e. The molecule has 0 aliphatic carbocycles. The van der Waals surface area contributed by atoms with Gasteiger partial charge in [0.1, 0.15) is 10.7 Å². The molecule has 2 aromatic heterocycles. The molecule has 6 heteroatoms. The number of halogens is 1. The quantitative estimate of drug-likeness (QED) is 0.498. The molecule has 0 bridgehead atoms. The van der Waals surface area contributed by atoms with Gasteiger partial charge in [-0.1, -0.05) is 48.0 Å². The second kappa shape index (κ2) is 6.52. The summed E-state index contributed by atoms with van der Waals surface area (Å²) in [6.45, 7) is 1.51. The van der Waals surface area contributed by atoms with Crippen molar-refractivity contribution in [3.8, 4) is 22.5 Å². The predicted molar refractivity (Wildman–Crippen MR) is 106 cm³/mol. The lowest BCUT2D eigenvalue weighted by molar-refractivity contribution is 0.101. The molecule has 0 aliphatic heterocycles. The fraction of sp³-hybridized carbons (Fsp3) is 0.0500. The summed E-state index contributed by atoms with van der Waals surface area (Å²) >= 11 is 7.68. The number of nitrogens with zero attached hydrogens (tertiary/aromatic N) is 1. The Morgan fingerprint density at radius 2 is 1.92 bits per heavy atom. The van der Waals surface area contributed by atoms with Gasteiger partial charge in [0.2, 0.25) is 0 Å². The van der Waals surface area contributed by atoms with E-state index in [4.69, 9.17) is 11.6 Å². The number of rotatable bonds is 3. The number of hydrogen-bond donors (Lipinski definition) is 1. The zero-order chi connectivity index (χ0) is 18.3. The minimum Gasteiger partial charge on any atom is -0.306 e. The maximum absolute atomic E-state index is 12.8. The van der Waals surface area contributed by atoms with Gasteiger partial charge in [-0.05, 0) is 19.1 Å². The normalized spacial score (nSPS) is 11.0. The molecule has 0 atom stereocenters. The highest BCUT2D eigenvalue weighted by Gasteiger charge is 2.15. The molecule has 128 valence electrons. The van der Waals surface area contributed by atoms with Crippen molar-refractivity contribution in [2.24, 2.45) is 0 Å². The zero-order valence-electron chi connectivity index (χ0n) is 13.7. The monoisotopic (exact) mass is 380 g/mol. The summed E-state index contributed by atoms with van der Waals surface area (Å²) < 4.78 is 0. The van der Waals surface area contributed by atoms with Crippen LogP contribution in [-0.4, -0.2) is 15.8 Å². The van der Waals surface area contributed by atoms with Crippen LogP contribution in [0.4, 0.5) is 0 Å². The van der Waals surface area contributed by atoms with Gasteiger partial charge in [0, 0.05) is 32.7 Å². The van der Waals surface area contributed by atoms with Crippen molar-refractivity contribution < 1.29 is 4.79 Å². The summed E-state index contributed by atoms with van der Waals surface area (Å²) in [6.07, 6.45) is 0. The molecule has 0 saturated heterocycles. The van der Waals surface area contributed by atoms with Crippen molar-refractivity contribution >= 4 is 38.9 Å². The molecule has 26 heavy (non-hydrogen) atoms. The zero-order valence-corrected chi connectivity index (χ0v) is 15.3. The average Bonchev–Trinajstić information content (AvgIpc) is 3.06. The summed E-state index contributed by atoms with van der Waals surface area (Å²) in [6, 6.07) is 14.5. The van der Waals surface area contributed by atoms with Gasteiger partial charge in [0.05, 0.1) is 5.39 Å². The van der Waals surface area contributed by atoms with E-state index in [1.54, 1.807) is 24.3 Å². The minimum atomic E-state index is -0.227. The molecule has 4 nitrogen and oxygen atoms in total. The van der Waals surface area contributed by atoms with Gasteiger partial charge in [0.25, 0.3) is 5.56 Å². The number of hydrogen-bond acceptors (Lipinski definition) is 4. The highest BCUT2D eigenvalue weighted by molar-refractivity contribution is 7.17. The molecule has 0 radical (unpaired) electrons. The van der Waals surface area contributed by atoms with Crippen molar-refractivity contribution in [1.29, 1.82) is 0 Å². The molecule has 0 aliphatic rings. The Kier molecular flexibility index (Phi) is 4.18. The highest BCUT2D eigenvalue weighted by atomic mass is 35.5. The van der Waals surface area contributed by atoms with Crippen LogP contribution in [0, 0.1) is 0 Å². The summed E-state index contributed by atoms with van der Waals surface area (Å²) in [5.74, 6) is 0.408. The van der Waals surface area contributed by atoms with Crippen molar-refractivity contribution in [1.82, 2.24) is 9.97 Å². The topological polar surface area (TPSA) is 62.8 Å². The first-order valence-corrected chi connectivity index (χ1v) is 9.18. The molecule has 0 saturated carbocycles. The number of aromatic amines is 1. The molecular weight excluding hydrogens is 368 g/mol. The second-order valence-electron chi connectivity index (χ2n) is 5.86. The fourth-order valence-corrected chi connectivity index (χ4v) is 4.03. The molecule has 2 aromatic carbocycles. The highest BCUT2D eigenvalue weighted by Crippen LogP contribution is 2.35. The average molecular weight is 381 g/mol. The van der Waals surface area contributed by atoms with Gasteiger partial charge < -0.3 is 4.98 Å². The third-order valence-corrected chi connectivity index (χ3v) is 5.35. The standard InChI is InChI=1S/C20H13ClN2O2S/c1-11(24)12-5-4-6-13(9-12)18-22-19(25)17-15(10-26-20(17)23-18)14-7-2-3-8-16(14)21/h2-10H,1H3,(H,22,23,25). The van der Waals surface area contributed by atoms with Gasteiger partial charge >= 0.3 is 0 Å². The van der Waals surface area contributed by atoms with Gasteiger partial charge in [-0.25, -0.2) is 4.98 Å². The van der Waals surface area contributed by atoms with E-state index in [1.807, 2.05) is 29.6 Å². The molecule has 0 unspecified atom stereocenters. The Morgan fingerprint density at radius 3 is 2.69 bits per heavy atom. The van der Waals surface area contributed by atoms with Gasteiger partial charge in [-0.3, -0.25) is 9.59 Å². The number of nitrogens with one attached hydrogen (secondary N) is 1. The third-order valence-electron chi connectivity index (χ3n) is 4.15. The lowest BCUT2D eigenvalue weighted by Gasteiger charge is -2.05. The van der Waals surface area contributed by atoms with E-state index in [0.29, 0.717) is 32.2 Å². The Balaban J connectivity index is 1.90. The molecule has 2 heterocycles. The molecule has 4 aromatic rings. The van der Waals surface area contributed by atoms with E-state index in [2.05, 4.69) is 9.97 Å². The minimum absolute atomic E-state index is 0.0348. The summed E-state index contributed by atoms with van der Waals surface area (Å²) in [5, 5.41) is 3.00. The van der Waals surface area contributed by atoms with Gasteiger partial charge in [-0.2, -0.15) is 0 Å². The molecular formula is C20H13ClN2O2S. The predicted octanol–water partition coefficient (Wildman–Crippen LogP) is 5.17. The molecule has 1 N–H and O–H groups in total. The first kappa shape index (κ1) is 16.7. The number of fused-ring (bicyclic) bond motifs is 1. The van der Waals surface area contributed by atoms with Gasteiger partial charge in [0.15, 0.2) is 5.78 Å². The first-order chi connectivity index (χ1) is 12.5. The molecule has 0 fully saturated rings. The number of carbonyl (C=O) groups is 1. The SMILES string of the molecule is CC(=O)c1cccc(-c2nc3scc(-c4ccccc4Cl)c3c(=O)[nH]2)c1. The number of carbonyl (C=O) groups excluding carboxylic acids is 1. The number of aromatic nitrogens is 2. The summed E-state index contributed by atoms with van der Waals surface area (Å²) in [7, 11) is 0. The summed E-state index contributed by atoms with van der Waals surface area (Å²) in [5.41, 5.74) is 2.62. The van der Waals surface area contributed by atoms with Crippen LogP contribution >= 0.6 is 22.9 Å². The smallest absolute Gasteiger partial charge is 0.260 e. The van der Waals surface area contributed by atoms with E-state index in [9.17, 15) is 9.59 Å². The lowest BCUT2D eigenvalue weighted by Crippen LogP contribution is -2.09. The maximum atomic E-state index is 12.8. The number of benzene rings is 2. The second-order valence-corrected chi connectivity index (χ2v) is 7.13.